The molecule has 0 fully saturated rings. The van der Waals surface area contributed by atoms with Crippen molar-refractivity contribution < 1.29 is 68.4 Å². The summed E-state index contributed by atoms with van der Waals surface area (Å²) in [6, 6.07) is -3.05. The number of benzene rings is 1. The number of carbonyl (C=O) groups excluding carboxylic acids is 6. The predicted octanol–water partition coefficient (Wildman–Crippen LogP) is -4.51. The molecule has 1 aromatic carbocycles. The molecule has 3 rings (SSSR count). The number of hydrogen-bond acceptors (Lipinski definition) is 17. The van der Waals surface area contributed by atoms with Gasteiger partial charge in [0.2, 0.25) is 29.6 Å². The third-order valence-electron chi connectivity index (χ3n) is 8.88. The van der Waals surface area contributed by atoms with Gasteiger partial charge in [0.25, 0.3) is 11.5 Å². The van der Waals surface area contributed by atoms with Gasteiger partial charge in [-0.1, -0.05) is 0 Å². The number of aliphatic carboxylic acids is 4. The fourth-order valence-electron chi connectivity index (χ4n) is 5.72. The molecule has 17 N–H and O–H groups in total. The number of nitrogens with zero attached hydrogens (tertiary/aromatic N) is 4. The first-order valence-electron chi connectivity index (χ1n) is 19.4. The van der Waals surface area contributed by atoms with Crippen molar-refractivity contribution in [1.29, 1.82) is 0 Å². The van der Waals surface area contributed by atoms with Gasteiger partial charge < -0.3 is 74.3 Å². The number of guanidine groups is 1. The number of nitrogens with one attached hydrogen (secondary N) is 7. The van der Waals surface area contributed by atoms with Gasteiger partial charge in [-0.3, -0.25) is 53.1 Å². The van der Waals surface area contributed by atoms with Crippen molar-refractivity contribution in [3.05, 3.63) is 52.1 Å². The van der Waals surface area contributed by atoms with Crippen molar-refractivity contribution in [3.63, 3.8) is 0 Å². The van der Waals surface area contributed by atoms with Crippen molar-refractivity contribution in [2.24, 2.45) is 16.5 Å². The Morgan fingerprint density at radius 2 is 1.33 bits per heavy atom. The fraction of sp³-hybridized carbons (Fsp3) is 0.378. The highest BCUT2D eigenvalue weighted by atomic mass is 16.4. The first-order valence-corrected chi connectivity index (χ1v) is 19.4. The molecule has 5 atom stereocenters. The van der Waals surface area contributed by atoms with Gasteiger partial charge in [0.1, 0.15) is 30.5 Å². The summed E-state index contributed by atoms with van der Waals surface area (Å²) in [5.74, 6) is -12.4. The smallest absolute Gasteiger partial charge is 0.326 e. The molecule has 0 aliphatic rings. The quantitative estimate of drug-likeness (QED) is 0.0148. The number of nitrogen functional groups attached to an aromatic ring is 1. The summed E-state index contributed by atoms with van der Waals surface area (Å²) in [5, 5.41) is 51.4. The SMILES string of the molecule is NC(N)=NCCC[C@H](NC(=O)[C@H](CC(=O)O)NC(=O)CC[C@H](NC(=O)c1ccc(NCc2cnc3nc(N)[nH]c(=O)c3n2)cc1)C(=O)O)C(=O)N[C@@H](CC(=O)O)C(=O)N[C@H](C=O)CC(=O)O. The molecule has 0 aliphatic heterocycles. The van der Waals surface area contributed by atoms with Crippen LogP contribution in [0, 0.1) is 0 Å². The number of carboxylic acid groups (broad SMARTS) is 4. The monoisotopic (exact) mass is 926 g/mol. The molecule has 354 valence electrons. The summed E-state index contributed by atoms with van der Waals surface area (Å²) in [6.07, 6.45) is -3.15. The summed E-state index contributed by atoms with van der Waals surface area (Å²) >= 11 is 0. The van der Waals surface area contributed by atoms with E-state index in [1.54, 1.807) is 0 Å². The number of H-pyrrole nitrogens is 1. The molecule has 3 aromatic rings. The minimum Gasteiger partial charge on any atom is -0.481 e. The number of carboxylic acids is 4. The van der Waals surface area contributed by atoms with Crippen molar-refractivity contribution >= 4 is 88.5 Å². The molecule has 5 amide bonds. The lowest BCUT2D eigenvalue weighted by atomic mass is 10.1. The molecule has 2 heterocycles. The molecule has 0 unspecified atom stereocenters. The number of aliphatic imine (C=N–C) groups is 1. The van der Waals surface area contributed by atoms with Gasteiger partial charge in [0.15, 0.2) is 17.1 Å². The zero-order valence-corrected chi connectivity index (χ0v) is 34.5. The Hall–Kier alpha value is -8.79. The lowest BCUT2D eigenvalue weighted by Gasteiger charge is -2.25. The van der Waals surface area contributed by atoms with E-state index < -0.39 is 121 Å². The van der Waals surface area contributed by atoms with Crippen LogP contribution in [0.4, 0.5) is 11.6 Å². The van der Waals surface area contributed by atoms with E-state index in [-0.39, 0.29) is 60.9 Å². The standard InChI is InChI=1S/C37H46N14O15/c38-36(39)41-9-1-2-20(31(61)49-23(12-27(58)59)32(62)45-18(15-52)10-25(54)55)47-33(63)22(11-26(56)57)46-24(53)8-7-21(35(65)66)48-30(60)16-3-5-17(6-4-16)42-13-19-14-43-29-28(44-19)34(64)51-37(40)50-29/h3-6,14-15,18,20-23,42H,1-2,7-13H2,(H,45,62)(H,46,53)(H,47,63)(H,48,60)(H,49,61)(H,54,55)(H,56,57)(H,58,59)(H,65,66)(H4,38,39,41)(H3,40,43,50,51,64)/t18-,20-,21-,22-,23-/m0/s1. The van der Waals surface area contributed by atoms with Crippen molar-refractivity contribution in [2.75, 3.05) is 17.6 Å². The van der Waals surface area contributed by atoms with Crippen LogP contribution in [0.25, 0.3) is 11.2 Å². The van der Waals surface area contributed by atoms with E-state index in [9.17, 15) is 68.1 Å². The molecule has 66 heavy (non-hydrogen) atoms. The Balaban J connectivity index is 1.66. The van der Waals surface area contributed by atoms with Crippen LogP contribution >= 0.6 is 0 Å². The molecule has 0 bridgehead atoms. The third-order valence-corrected chi connectivity index (χ3v) is 8.88. The highest BCUT2D eigenvalue weighted by molar-refractivity contribution is 5.98. The van der Waals surface area contributed by atoms with Gasteiger partial charge >= 0.3 is 23.9 Å². The second kappa shape index (κ2) is 24.7. The molecule has 0 aliphatic carbocycles. The summed E-state index contributed by atoms with van der Waals surface area (Å²) in [7, 11) is 0. The molecular weight excluding hydrogens is 880 g/mol. The van der Waals surface area contributed by atoms with Crippen LogP contribution in [0.2, 0.25) is 0 Å². The maximum absolute atomic E-state index is 13.4. The van der Waals surface area contributed by atoms with Crippen LogP contribution in [-0.4, -0.2) is 143 Å². The van der Waals surface area contributed by atoms with Crippen LogP contribution in [0.3, 0.4) is 0 Å². The Morgan fingerprint density at radius 1 is 0.742 bits per heavy atom. The third kappa shape index (κ3) is 17.2. The molecule has 29 nitrogen and oxygen atoms in total. The largest absolute Gasteiger partial charge is 0.481 e. The Labute approximate surface area is 370 Å². The Bertz CT molecular complexity index is 2410. The van der Waals surface area contributed by atoms with Crippen molar-refractivity contribution in [3.8, 4) is 0 Å². The zero-order chi connectivity index (χ0) is 49.1. The molecule has 0 radical (unpaired) electrons. The highest BCUT2D eigenvalue weighted by Crippen LogP contribution is 2.13. The van der Waals surface area contributed by atoms with Gasteiger partial charge in [0.05, 0.1) is 43.7 Å². The number of aldehydes is 1. The summed E-state index contributed by atoms with van der Waals surface area (Å²) in [6.45, 7) is -0.00899. The van der Waals surface area contributed by atoms with E-state index in [1.807, 2.05) is 5.32 Å². The number of fused-ring (bicyclic) bond motifs is 1. The van der Waals surface area contributed by atoms with Crippen LogP contribution in [0.1, 0.15) is 61.0 Å². The minimum absolute atomic E-state index is 0.0188. The van der Waals surface area contributed by atoms with E-state index in [2.05, 4.69) is 51.5 Å². The van der Waals surface area contributed by atoms with Gasteiger partial charge in [-0.25, -0.2) is 14.8 Å². The predicted molar refractivity (Wildman–Crippen MR) is 225 cm³/mol. The van der Waals surface area contributed by atoms with Crippen LogP contribution in [0.5, 0.6) is 0 Å². The molecular formula is C37H46N14O15. The van der Waals surface area contributed by atoms with E-state index in [4.69, 9.17) is 22.3 Å². The van der Waals surface area contributed by atoms with Crippen molar-refractivity contribution in [1.82, 2.24) is 46.5 Å². The summed E-state index contributed by atoms with van der Waals surface area (Å²) < 4.78 is 0. The number of nitrogens with two attached hydrogens (primary N) is 3. The number of amides is 5. The lowest BCUT2D eigenvalue weighted by Crippen LogP contribution is -2.58. The maximum Gasteiger partial charge on any atom is 0.326 e. The van der Waals surface area contributed by atoms with E-state index in [0.717, 1.165) is 0 Å². The molecule has 0 saturated carbocycles. The normalized spacial score (nSPS) is 13.0. The maximum atomic E-state index is 13.4. The molecule has 0 spiro atoms. The number of anilines is 2. The van der Waals surface area contributed by atoms with E-state index in [1.165, 1.54) is 30.5 Å². The van der Waals surface area contributed by atoms with Gasteiger partial charge in [-0.15, -0.1) is 0 Å². The van der Waals surface area contributed by atoms with Crippen LogP contribution in [0.15, 0.2) is 40.2 Å². The zero-order valence-electron chi connectivity index (χ0n) is 34.5. The summed E-state index contributed by atoms with van der Waals surface area (Å²) in [4.78, 5) is 154. The average molecular weight is 927 g/mol. The van der Waals surface area contributed by atoms with Gasteiger partial charge in [-0.2, -0.15) is 4.98 Å². The Morgan fingerprint density at radius 3 is 1.92 bits per heavy atom. The average Bonchev–Trinajstić information content (AvgIpc) is 3.23. The van der Waals surface area contributed by atoms with Crippen LogP contribution < -0.4 is 54.7 Å². The number of carbonyl (C=O) groups is 10. The second-order valence-electron chi connectivity index (χ2n) is 14.1. The minimum atomic E-state index is -1.92. The number of aromatic amines is 1. The highest BCUT2D eigenvalue weighted by Gasteiger charge is 2.33. The number of aromatic nitrogens is 4. The summed E-state index contributed by atoms with van der Waals surface area (Å²) in [5.41, 5.74) is 16.5. The fourth-order valence-corrected chi connectivity index (χ4v) is 5.72. The van der Waals surface area contributed by atoms with Gasteiger partial charge in [-0.05, 0) is 43.5 Å². The van der Waals surface area contributed by atoms with Crippen molar-refractivity contribution in [2.45, 2.75) is 81.7 Å². The van der Waals surface area contributed by atoms with Crippen LogP contribution in [-0.2, 0) is 49.7 Å². The Kier molecular flexibility index (Phi) is 19.3. The molecule has 0 saturated heterocycles. The number of hydrogen-bond donors (Lipinski definition) is 14. The molecule has 2 aromatic heterocycles. The number of rotatable bonds is 27. The topological polar surface area (TPSA) is 486 Å². The molecule has 29 heteroatoms. The first-order chi connectivity index (χ1) is 31.1. The van der Waals surface area contributed by atoms with E-state index in [0.29, 0.717) is 11.4 Å². The van der Waals surface area contributed by atoms with E-state index >= 15 is 0 Å². The first kappa shape index (κ1) is 51.6. The van der Waals surface area contributed by atoms with Gasteiger partial charge in [0, 0.05) is 24.2 Å². The second-order valence-corrected chi connectivity index (χ2v) is 14.1. The lowest BCUT2D eigenvalue weighted by molar-refractivity contribution is -0.142.